The van der Waals surface area contributed by atoms with Gasteiger partial charge in [0.15, 0.2) is 0 Å². The summed E-state index contributed by atoms with van der Waals surface area (Å²) in [5.41, 5.74) is 1.19. The fraction of sp³-hybridized carbons (Fsp3) is 0.615. The number of likely N-dealkylation sites (tertiary alicyclic amines) is 1. The molecule has 2 heterocycles. The summed E-state index contributed by atoms with van der Waals surface area (Å²) in [5.74, 6) is 0. The van der Waals surface area contributed by atoms with Gasteiger partial charge in [-0.15, -0.1) is 12.4 Å². The predicted molar refractivity (Wildman–Crippen MR) is 73.6 cm³/mol. The SMILES string of the molecule is CNC1CCN(C(C)c2ccccn2)CC1.Cl. The first-order chi connectivity index (χ1) is 7.81. The molecule has 1 aliphatic heterocycles. The average Bonchev–Trinajstić information content (AvgIpc) is 2.39. The normalized spacial score (nSPS) is 19.6. The van der Waals surface area contributed by atoms with Crippen LogP contribution < -0.4 is 5.32 Å². The minimum Gasteiger partial charge on any atom is -0.317 e. The molecule has 0 amide bonds. The van der Waals surface area contributed by atoms with Gasteiger partial charge in [-0.25, -0.2) is 0 Å². The van der Waals surface area contributed by atoms with E-state index in [1.165, 1.54) is 31.6 Å². The van der Waals surface area contributed by atoms with E-state index in [1.54, 1.807) is 0 Å². The highest BCUT2D eigenvalue weighted by Crippen LogP contribution is 2.22. The molecular weight excluding hydrogens is 234 g/mol. The molecular formula is C13H22ClN3. The van der Waals surface area contributed by atoms with Crippen LogP contribution in [0.2, 0.25) is 0 Å². The summed E-state index contributed by atoms with van der Waals surface area (Å²) in [6.45, 7) is 4.59. The van der Waals surface area contributed by atoms with E-state index in [1.807, 2.05) is 12.3 Å². The van der Waals surface area contributed by atoms with E-state index in [4.69, 9.17) is 0 Å². The van der Waals surface area contributed by atoms with Crippen molar-refractivity contribution in [3.63, 3.8) is 0 Å². The van der Waals surface area contributed by atoms with Crippen LogP contribution in [0.25, 0.3) is 0 Å². The first-order valence-electron chi connectivity index (χ1n) is 6.13. The Bertz CT molecular complexity index is 310. The van der Waals surface area contributed by atoms with Gasteiger partial charge in [-0.3, -0.25) is 9.88 Å². The molecule has 1 fully saturated rings. The number of halogens is 1. The van der Waals surface area contributed by atoms with E-state index in [2.05, 4.69) is 41.3 Å². The number of nitrogens with one attached hydrogen (secondary N) is 1. The average molecular weight is 256 g/mol. The molecule has 3 nitrogen and oxygen atoms in total. The molecule has 17 heavy (non-hydrogen) atoms. The molecule has 1 aliphatic rings. The Morgan fingerprint density at radius 3 is 2.59 bits per heavy atom. The largest absolute Gasteiger partial charge is 0.317 e. The number of nitrogens with zero attached hydrogens (tertiary/aromatic N) is 2. The summed E-state index contributed by atoms with van der Waals surface area (Å²) < 4.78 is 0. The highest BCUT2D eigenvalue weighted by atomic mass is 35.5. The molecule has 0 radical (unpaired) electrons. The Morgan fingerprint density at radius 2 is 2.06 bits per heavy atom. The van der Waals surface area contributed by atoms with Crippen molar-refractivity contribution in [3.05, 3.63) is 30.1 Å². The van der Waals surface area contributed by atoms with Crippen molar-refractivity contribution in [3.8, 4) is 0 Å². The minimum absolute atomic E-state index is 0. The van der Waals surface area contributed by atoms with E-state index in [-0.39, 0.29) is 12.4 Å². The molecule has 0 bridgehead atoms. The van der Waals surface area contributed by atoms with Crippen LogP contribution in [-0.2, 0) is 0 Å². The minimum atomic E-state index is 0. The van der Waals surface area contributed by atoms with Crippen LogP contribution in [0.5, 0.6) is 0 Å². The van der Waals surface area contributed by atoms with Gasteiger partial charge < -0.3 is 5.32 Å². The maximum Gasteiger partial charge on any atom is 0.0572 e. The fourth-order valence-corrected chi connectivity index (χ4v) is 2.39. The molecule has 0 spiro atoms. The molecule has 0 aromatic carbocycles. The van der Waals surface area contributed by atoms with Crippen molar-refractivity contribution in [2.45, 2.75) is 31.8 Å². The topological polar surface area (TPSA) is 28.2 Å². The first kappa shape index (κ1) is 14.4. The lowest BCUT2D eigenvalue weighted by Gasteiger charge is -2.35. The molecule has 1 aromatic heterocycles. The highest BCUT2D eigenvalue weighted by molar-refractivity contribution is 5.85. The summed E-state index contributed by atoms with van der Waals surface area (Å²) in [4.78, 5) is 6.96. The van der Waals surface area contributed by atoms with Gasteiger partial charge in [-0.05, 0) is 38.9 Å². The lowest BCUT2D eigenvalue weighted by molar-refractivity contribution is 0.153. The monoisotopic (exact) mass is 255 g/mol. The Hall–Kier alpha value is -0.640. The third-order valence-electron chi connectivity index (χ3n) is 3.60. The first-order valence-corrected chi connectivity index (χ1v) is 6.13. The summed E-state index contributed by atoms with van der Waals surface area (Å²) in [6, 6.07) is 7.31. The lowest BCUT2D eigenvalue weighted by Crippen LogP contribution is -2.42. The Labute approximate surface area is 110 Å². The van der Waals surface area contributed by atoms with Crippen LogP contribution in [0.4, 0.5) is 0 Å². The van der Waals surface area contributed by atoms with E-state index >= 15 is 0 Å². The number of aromatic nitrogens is 1. The van der Waals surface area contributed by atoms with Gasteiger partial charge in [0.25, 0.3) is 0 Å². The number of pyridine rings is 1. The molecule has 4 heteroatoms. The fourth-order valence-electron chi connectivity index (χ4n) is 2.39. The van der Waals surface area contributed by atoms with Crippen molar-refractivity contribution in [1.82, 2.24) is 15.2 Å². The summed E-state index contributed by atoms with van der Waals surface area (Å²) in [5, 5.41) is 3.36. The highest BCUT2D eigenvalue weighted by Gasteiger charge is 2.22. The third kappa shape index (κ3) is 3.66. The number of hydrogen-bond donors (Lipinski definition) is 1. The van der Waals surface area contributed by atoms with E-state index in [9.17, 15) is 0 Å². The van der Waals surface area contributed by atoms with Crippen molar-refractivity contribution in [1.29, 1.82) is 0 Å². The molecule has 0 saturated carbocycles. The zero-order chi connectivity index (χ0) is 11.4. The van der Waals surface area contributed by atoms with Crippen molar-refractivity contribution in [2.24, 2.45) is 0 Å². The van der Waals surface area contributed by atoms with Crippen LogP contribution in [0.15, 0.2) is 24.4 Å². The lowest BCUT2D eigenvalue weighted by atomic mass is 10.0. The molecule has 1 atom stereocenters. The van der Waals surface area contributed by atoms with Crippen molar-refractivity contribution in [2.75, 3.05) is 20.1 Å². The maximum absolute atomic E-state index is 4.44. The zero-order valence-electron chi connectivity index (χ0n) is 10.6. The zero-order valence-corrected chi connectivity index (χ0v) is 11.4. The van der Waals surface area contributed by atoms with Gasteiger partial charge in [-0.1, -0.05) is 6.07 Å². The second-order valence-electron chi connectivity index (χ2n) is 4.53. The summed E-state index contributed by atoms with van der Waals surface area (Å²) in [7, 11) is 2.06. The van der Waals surface area contributed by atoms with E-state index in [0.29, 0.717) is 12.1 Å². The van der Waals surface area contributed by atoms with Crippen molar-refractivity contribution >= 4 is 12.4 Å². The van der Waals surface area contributed by atoms with Crippen LogP contribution >= 0.6 is 12.4 Å². The molecule has 1 aromatic rings. The van der Waals surface area contributed by atoms with Crippen LogP contribution in [0.3, 0.4) is 0 Å². The van der Waals surface area contributed by atoms with Gasteiger partial charge in [0.2, 0.25) is 0 Å². The van der Waals surface area contributed by atoms with Crippen LogP contribution in [-0.4, -0.2) is 36.1 Å². The Balaban J connectivity index is 0.00000144. The number of hydrogen-bond acceptors (Lipinski definition) is 3. The second kappa shape index (κ2) is 6.94. The molecule has 0 aliphatic carbocycles. The van der Waals surface area contributed by atoms with Gasteiger partial charge in [0, 0.05) is 31.4 Å². The Morgan fingerprint density at radius 1 is 1.35 bits per heavy atom. The van der Waals surface area contributed by atoms with Gasteiger partial charge >= 0.3 is 0 Å². The summed E-state index contributed by atoms with van der Waals surface area (Å²) >= 11 is 0. The van der Waals surface area contributed by atoms with Gasteiger partial charge in [0.1, 0.15) is 0 Å². The number of piperidine rings is 1. The quantitative estimate of drug-likeness (QED) is 0.898. The molecule has 1 unspecified atom stereocenters. The number of rotatable bonds is 3. The van der Waals surface area contributed by atoms with E-state index < -0.39 is 0 Å². The van der Waals surface area contributed by atoms with Crippen LogP contribution in [0.1, 0.15) is 31.5 Å². The molecule has 96 valence electrons. The Kier molecular flexibility index (Phi) is 5.89. The molecule has 1 saturated heterocycles. The van der Waals surface area contributed by atoms with Crippen LogP contribution in [0, 0.1) is 0 Å². The van der Waals surface area contributed by atoms with Crippen molar-refractivity contribution < 1.29 is 0 Å². The summed E-state index contributed by atoms with van der Waals surface area (Å²) in [6.07, 6.45) is 4.37. The molecule has 2 rings (SSSR count). The predicted octanol–water partition coefficient (Wildman–Crippen LogP) is 2.25. The smallest absolute Gasteiger partial charge is 0.0572 e. The second-order valence-corrected chi connectivity index (χ2v) is 4.53. The van der Waals surface area contributed by atoms with Gasteiger partial charge in [-0.2, -0.15) is 0 Å². The third-order valence-corrected chi connectivity index (χ3v) is 3.60. The molecule has 1 N–H and O–H groups in total. The van der Waals surface area contributed by atoms with E-state index in [0.717, 1.165) is 0 Å². The standard InChI is InChI=1S/C13H21N3.ClH/c1-11(13-5-3-4-8-15-13)16-9-6-12(14-2)7-10-16;/h3-5,8,11-12,14H,6-7,9-10H2,1-2H3;1H. The van der Waals surface area contributed by atoms with Gasteiger partial charge in [0.05, 0.1) is 5.69 Å². The maximum atomic E-state index is 4.44.